The molecule has 2 amide bonds. The van der Waals surface area contributed by atoms with Gasteiger partial charge in [0.05, 0.1) is 8.07 Å². The SMILES string of the molecule is CC(C)(C)NC(=O)C1c2ccc(O)c([Si](C)(C)C)c2C(=O)N1Cc1ccc(F)c(F)c1. The van der Waals surface area contributed by atoms with E-state index in [1.807, 2.05) is 40.4 Å². The maximum Gasteiger partial charge on any atom is 0.255 e. The number of aromatic hydroxyl groups is 1. The van der Waals surface area contributed by atoms with Crippen molar-refractivity contribution in [3.05, 3.63) is 58.7 Å². The number of rotatable bonds is 4. The van der Waals surface area contributed by atoms with Gasteiger partial charge in [0.2, 0.25) is 5.91 Å². The Balaban J connectivity index is 2.15. The van der Waals surface area contributed by atoms with Crippen LogP contribution in [0, 0.1) is 11.6 Å². The van der Waals surface area contributed by atoms with Crippen LogP contribution < -0.4 is 10.5 Å². The fraction of sp³-hybridized carbons (Fsp3) is 0.391. The van der Waals surface area contributed by atoms with E-state index in [2.05, 4.69) is 5.32 Å². The smallest absolute Gasteiger partial charge is 0.255 e. The van der Waals surface area contributed by atoms with E-state index in [1.165, 1.54) is 17.0 Å². The number of phenolic OH excluding ortho intramolecular Hbond substituents is 1. The summed E-state index contributed by atoms with van der Waals surface area (Å²) in [7, 11) is -2.16. The molecular formula is C23H28F2N2O3Si. The fourth-order valence-electron chi connectivity index (χ4n) is 3.97. The van der Waals surface area contributed by atoms with E-state index < -0.39 is 37.2 Å². The third kappa shape index (κ3) is 4.49. The number of nitrogens with zero attached hydrogens (tertiary/aromatic N) is 1. The van der Waals surface area contributed by atoms with Crippen molar-refractivity contribution in [2.45, 2.75) is 58.5 Å². The van der Waals surface area contributed by atoms with Gasteiger partial charge in [0.15, 0.2) is 11.6 Å². The van der Waals surface area contributed by atoms with Crippen molar-refractivity contribution >= 4 is 25.1 Å². The Morgan fingerprint density at radius 3 is 2.32 bits per heavy atom. The second kappa shape index (κ2) is 7.75. The number of hydrogen-bond acceptors (Lipinski definition) is 3. The summed E-state index contributed by atoms with van der Waals surface area (Å²) in [6, 6.07) is 5.61. The van der Waals surface area contributed by atoms with Crippen LogP contribution in [0.5, 0.6) is 5.75 Å². The molecule has 3 rings (SSSR count). The first-order valence-electron chi connectivity index (χ1n) is 10.1. The van der Waals surface area contributed by atoms with E-state index in [9.17, 15) is 23.5 Å². The quantitative estimate of drug-likeness (QED) is 0.702. The van der Waals surface area contributed by atoms with Crippen LogP contribution in [0.1, 0.15) is 48.3 Å². The minimum absolute atomic E-state index is 0.0379. The highest BCUT2D eigenvalue weighted by Gasteiger charge is 2.45. The van der Waals surface area contributed by atoms with E-state index >= 15 is 0 Å². The third-order valence-electron chi connectivity index (χ3n) is 5.13. The lowest BCUT2D eigenvalue weighted by Crippen LogP contribution is -2.46. The molecule has 0 bridgehead atoms. The molecule has 1 aliphatic heterocycles. The lowest BCUT2D eigenvalue weighted by atomic mass is 10.0. The molecule has 1 heterocycles. The second-order valence-corrected chi connectivity index (χ2v) is 15.0. The number of nitrogens with one attached hydrogen (secondary N) is 1. The Morgan fingerprint density at radius 1 is 1.13 bits per heavy atom. The molecule has 2 aromatic rings. The molecule has 5 nitrogen and oxygen atoms in total. The van der Waals surface area contributed by atoms with Gasteiger partial charge in [0.1, 0.15) is 11.8 Å². The zero-order valence-corrected chi connectivity index (χ0v) is 19.6. The number of carbonyl (C=O) groups is 2. The first-order valence-corrected chi connectivity index (χ1v) is 13.6. The van der Waals surface area contributed by atoms with Crippen molar-refractivity contribution in [1.82, 2.24) is 10.2 Å². The monoisotopic (exact) mass is 446 g/mol. The van der Waals surface area contributed by atoms with E-state index in [1.54, 1.807) is 6.07 Å². The summed E-state index contributed by atoms with van der Waals surface area (Å²) in [6.45, 7) is 11.5. The van der Waals surface area contributed by atoms with Gasteiger partial charge in [0.25, 0.3) is 5.91 Å². The van der Waals surface area contributed by atoms with Crippen molar-refractivity contribution in [3.8, 4) is 5.75 Å². The molecule has 1 unspecified atom stereocenters. The van der Waals surface area contributed by atoms with Gasteiger partial charge in [0, 0.05) is 17.6 Å². The van der Waals surface area contributed by atoms with Gasteiger partial charge in [-0.15, -0.1) is 0 Å². The van der Waals surface area contributed by atoms with Crippen LogP contribution in [0.25, 0.3) is 0 Å². The second-order valence-electron chi connectivity index (χ2n) is 10.00. The molecule has 1 atom stereocenters. The van der Waals surface area contributed by atoms with Crippen LogP contribution >= 0.6 is 0 Å². The molecule has 166 valence electrons. The first kappa shape index (κ1) is 22.9. The Bertz CT molecular complexity index is 1060. The molecule has 0 saturated carbocycles. The van der Waals surface area contributed by atoms with Crippen LogP contribution in [-0.4, -0.2) is 35.4 Å². The molecule has 0 fully saturated rings. The van der Waals surface area contributed by atoms with Crippen LogP contribution in [-0.2, 0) is 11.3 Å². The van der Waals surface area contributed by atoms with Crippen LogP contribution in [0.3, 0.4) is 0 Å². The Labute approximate surface area is 182 Å². The molecule has 0 radical (unpaired) electrons. The molecule has 8 heteroatoms. The minimum atomic E-state index is -2.16. The van der Waals surface area contributed by atoms with Crippen molar-refractivity contribution in [3.63, 3.8) is 0 Å². The third-order valence-corrected chi connectivity index (χ3v) is 7.14. The van der Waals surface area contributed by atoms with E-state index in [0.29, 0.717) is 21.9 Å². The Morgan fingerprint density at radius 2 is 1.77 bits per heavy atom. The van der Waals surface area contributed by atoms with E-state index in [0.717, 1.165) is 12.1 Å². The topological polar surface area (TPSA) is 69.6 Å². The standard InChI is InChI=1S/C23H28F2N2O3Si/c1-23(2,3)26-21(29)19-14-8-10-17(28)20(31(4,5)6)18(14)22(30)27(19)12-13-7-9-15(24)16(25)11-13/h7-11,19,28H,12H2,1-6H3,(H,26,29). The minimum Gasteiger partial charge on any atom is -0.508 e. The lowest BCUT2D eigenvalue weighted by Gasteiger charge is -2.29. The van der Waals surface area contributed by atoms with E-state index in [-0.39, 0.29) is 18.2 Å². The average molecular weight is 447 g/mol. The number of carbonyl (C=O) groups excluding carboxylic acids is 2. The number of amides is 2. The predicted octanol–water partition coefficient (Wildman–Crippen LogP) is 3.83. The molecule has 0 aromatic heterocycles. The molecule has 31 heavy (non-hydrogen) atoms. The molecule has 2 N–H and O–H groups in total. The zero-order valence-electron chi connectivity index (χ0n) is 18.6. The van der Waals surface area contributed by atoms with Gasteiger partial charge >= 0.3 is 0 Å². The summed E-state index contributed by atoms with van der Waals surface area (Å²) >= 11 is 0. The summed E-state index contributed by atoms with van der Waals surface area (Å²) in [5.41, 5.74) is 0.697. The highest BCUT2D eigenvalue weighted by atomic mass is 28.3. The molecular weight excluding hydrogens is 418 g/mol. The van der Waals surface area contributed by atoms with Crippen molar-refractivity contribution in [1.29, 1.82) is 0 Å². The summed E-state index contributed by atoms with van der Waals surface area (Å²) in [5.74, 6) is -2.72. The zero-order chi connectivity index (χ0) is 23.3. The molecule has 1 aliphatic rings. The van der Waals surface area contributed by atoms with Gasteiger partial charge in [-0.3, -0.25) is 9.59 Å². The Kier molecular flexibility index (Phi) is 5.73. The van der Waals surface area contributed by atoms with Gasteiger partial charge in [-0.05, 0) is 55.3 Å². The van der Waals surface area contributed by atoms with Crippen molar-refractivity contribution < 1.29 is 23.5 Å². The van der Waals surface area contributed by atoms with Crippen LogP contribution in [0.2, 0.25) is 19.6 Å². The van der Waals surface area contributed by atoms with Crippen molar-refractivity contribution in [2.24, 2.45) is 0 Å². The Hall–Kier alpha value is -2.74. The fourth-order valence-corrected chi connectivity index (χ4v) is 5.83. The number of benzene rings is 2. The van der Waals surface area contributed by atoms with Crippen LogP contribution in [0.4, 0.5) is 8.78 Å². The van der Waals surface area contributed by atoms with Gasteiger partial charge in [-0.2, -0.15) is 0 Å². The highest BCUT2D eigenvalue weighted by molar-refractivity contribution is 6.90. The number of phenols is 1. The number of fused-ring (bicyclic) bond motifs is 1. The van der Waals surface area contributed by atoms with Gasteiger partial charge in [-0.25, -0.2) is 8.78 Å². The van der Waals surface area contributed by atoms with Gasteiger partial charge in [-0.1, -0.05) is 31.8 Å². The summed E-state index contributed by atoms with van der Waals surface area (Å²) in [4.78, 5) is 28.2. The maximum absolute atomic E-state index is 13.8. The average Bonchev–Trinajstić information content (AvgIpc) is 2.88. The summed E-state index contributed by atoms with van der Waals surface area (Å²) in [5, 5.41) is 14.1. The number of halogens is 2. The summed E-state index contributed by atoms with van der Waals surface area (Å²) in [6.07, 6.45) is 0. The molecule has 0 saturated heterocycles. The van der Waals surface area contributed by atoms with Crippen molar-refractivity contribution in [2.75, 3.05) is 0 Å². The number of hydrogen-bond donors (Lipinski definition) is 2. The van der Waals surface area contributed by atoms with Gasteiger partial charge < -0.3 is 15.3 Å². The normalized spacial score (nSPS) is 16.5. The lowest BCUT2D eigenvalue weighted by molar-refractivity contribution is -0.127. The summed E-state index contributed by atoms with van der Waals surface area (Å²) < 4.78 is 27.2. The van der Waals surface area contributed by atoms with Crippen LogP contribution in [0.15, 0.2) is 30.3 Å². The highest BCUT2D eigenvalue weighted by Crippen LogP contribution is 2.37. The maximum atomic E-state index is 13.8. The first-order chi connectivity index (χ1) is 14.2. The molecule has 0 aliphatic carbocycles. The van der Waals surface area contributed by atoms with E-state index in [4.69, 9.17) is 0 Å². The largest absolute Gasteiger partial charge is 0.508 e. The predicted molar refractivity (Wildman–Crippen MR) is 118 cm³/mol. The molecule has 0 spiro atoms. The molecule has 2 aromatic carbocycles.